The molecule has 0 bridgehead atoms. The molecule has 0 rings (SSSR count). The zero-order valence-electron chi connectivity index (χ0n) is 5.68. The largest absolute Gasteiger partial charge is 0.481 e. The zero-order valence-corrected chi connectivity index (χ0v) is 8.85. The van der Waals surface area contributed by atoms with Crippen molar-refractivity contribution >= 4 is 37.8 Å². The first-order valence-electron chi connectivity index (χ1n) is 3.10. The molecule has 2 nitrogen and oxygen atoms in total. The van der Waals surface area contributed by atoms with Crippen molar-refractivity contribution in [3.05, 3.63) is 0 Å². The molecular formula is C6H10Br2O2. The Hall–Kier alpha value is 0.430. The van der Waals surface area contributed by atoms with Crippen molar-refractivity contribution in [1.29, 1.82) is 0 Å². The smallest absolute Gasteiger partial charge is 0.308 e. The Labute approximate surface area is 77.3 Å². The van der Waals surface area contributed by atoms with E-state index in [0.29, 0.717) is 6.42 Å². The van der Waals surface area contributed by atoms with Gasteiger partial charge in [-0.1, -0.05) is 45.2 Å². The molecule has 0 amide bonds. The second kappa shape index (κ2) is 5.13. The Balaban J connectivity index is 3.85. The van der Waals surface area contributed by atoms with Crippen LogP contribution in [-0.2, 0) is 4.79 Å². The number of hydrogen-bond donors (Lipinski definition) is 1. The van der Waals surface area contributed by atoms with E-state index in [1.165, 1.54) is 0 Å². The van der Waals surface area contributed by atoms with E-state index in [1.807, 2.05) is 6.92 Å². The molecule has 1 N–H and O–H groups in total. The summed E-state index contributed by atoms with van der Waals surface area (Å²) in [5.74, 6) is -1.06. The summed E-state index contributed by atoms with van der Waals surface area (Å²) >= 11 is 6.36. The lowest BCUT2D eigenvalue weighted by Gasteiger charge is -2.10. The van der Waals surface area contributed by atoms with Crippen LogP contribution in [0.1, 0.15) is 19.8 Å². The molecule has 0 aromatic heterocycles. The molecule has 60 valence electrons. The summed E-state index contributed by atoms with van der Waals surface area (Å²) in [6.07, 6.45) is 1.60. The number of alkyl halides is 2. The van der Waals surface area contributed by atoms with Gasteiger partial charge in [0.2, 0.25) is 0 Å². The highest BCUT2D eigenvalue weighted by atomic mass is 79.9. The maximum Gasteiger partial charge on any atom is 0.308 e. The number of carbonyl (C=O) groups is 1. The third-order valence-electron chi connectivity index (χ3n) is 1.22. The molecule has 4 heteroatoms. The highest BCUT2D eigenvalue weighted by Crippen LogP contribution is 2.23. The average Bonchev–Trinajstić information content (AvgIpc) is 1.81. The summed E-state index contributed by atoms with van der Waals surface area (Å²) < 4.78 is -0.113. The first-order valence-corrected chi connectivity index (χ1v) is 4.93. The Morgan fingerprint density at radius 2 is 2.10 bits per heavy atom. The molecule has 0 aliphatic carbocycles. The molecule has 0 saturated carbocycles. The second-order valence-corrected chi connectivity index (χ2v) is 5.27. The molecule has 1 unspecified atom stereocenters. The summed E-state index contributed by atoms with van der Waals surface area (Å²) in [6.45, 7) is 1.97. The van der Waals surface area contributed by atoms with Gasteiger partial charge in [-0.15, -0.1) is 0 Å². The van der Waals surface area contributed by atoms with Crippen LogP contribution < -0.4 is 0 Å². The monoisotopic (exact) mass is 272 g/mol. The van der Waals surface area contributed by atoms with Gasteiger partial charge in [0.25, 0.3) is 0 Å². The molecular weight excluding hydrogens is 264 g/mol. The maximum atomic E-state index is 10.5. The van der Waals surface area contributed by atoms with E-state index in [2.05, 4.69) is 31.9 Å². The van der Waals surface area contributed by atoms with Crippen LogP contribution in [0.3, 0.4) is 0 Å². The molecule has 10 heavy (non-hydrogen) atoms. The van der Waals surface area contributed by atoms with Gasteiger partial charge in [0.15, 0.2) is 0 Å². The minimum absolute atomic E-state index is 0.113. The van der Waals surface area contributed by atoms with E-state index in [1.54, 1.807) is 0 Å². The van der Waals surface area contributed by atoms with Gasteiger partial charge < -0.3 is 5.11 Å². The molecule has 0 radical (unpaired) electrons. The Morgan fingerprint density at radius 3 is 2.20 bits per heavy atom. The standard InChI is InChI=1S/C6H10Br2O2/c1-2-3-4(5(7)8)6(9)10/h4-5H,2-3H2,1H3,(H,9,10). The molecule has 0 spiro atoms. The van der Waals surface area contributed by atoms with Gasteiger partial charge in [-0.3, -0.25) is 4.79 Å². The summed E-state index contributed by atoms with van der Waals surface area (Å²) in [4.78, 5) is 10.5. The molecule has 0 heterocycles. The van der Waals surface area contributed by atoms with E-state index in [9.17, 15) is 4.79 Å². The van der Waals surface area contributed by atoms with Gasteiger partial charge in [0, 0.05) is 0 Å². The number of halogens is 2. The Morgan fingerprint density at radius 1 is 1.60 bits per heavy atom. The molecule has 1 atom stereocenters. The summed E-state index contributed by atoms with van der Waals surface area (Å²) in [6, 6.07) is 0. The van der Waals surface area contributed by atoms with Crippen molar-refractivity contribution in [1.82, 2.24) is 0 Å². The van der Waals surface area contributed by atoms with E-state index in [4.69, 9.17) is 5.11 Å². The number of hydrogen-bond acceptors (Lipinski definition) is 1. The fourth-order valence-electron chi connectivity index (χ4n) is 0.668. The van der Waals surface area contributed by atoms with Crippen LogP contribution in [-0.4, -0.2) is 14.8 Å². The van der Waals surface area contributed by atoms with Crippen molar-refractivity contribution < 1.29 is 9.90 Å². The van der Waals surface area contributed by atoms with Crippen LogP contribution in [0, 0.1) is 5.92 Å². The third kappa shape index (κ3) is 3.56. The van der Waals surface area contributed by atoms with Crippen molar-refractivity contribution in [2.75, 3.05) is 0 Å². The van der Waals surface area contributed by atoms with Crippen molar-refractivity contribution in [3.8, 4) is 0 Å². The first-order chi connectivity index (χ1) is 4.59. The van der Waals surface area contributed by atoms with Crippen LogP contribution in [0.2, 0.25) is 0 Å². The number of carboxylic acids is 1. The SMILES string of the molecule is CCCC(C(=O)O)C(Br)Br. The second-order valence-electron chi connectivity index (χ2n) is 2.07. The van der Waals surface area contributed by atoms with Crippen LogP contribution in [0.25, 0.3) is 0 Å². The molecule has 0 fully saturated rings. The lowest BCUT2D eigenvalue weighted by molar-refractivity contribution is -0.141. The quantitative estimate of drug-likeness (QED) is 0.800. The van der Waals surface area contributed by atoms with Gasteiger partial charge in [-0.05, 0) is 6.42 Å². The average molecular weight is 274 g/mol. The molecule has 0 aliphatic heterocycles. The molecule has 0 aromatic rings. The Kier molecular flexibility index (Phi) is 5.35. The van der Waals surface area contributed by atoms with Crippen molar-refractivity contribution in [2.24, 2.45) is 5.92 Å². The number of carboxylic acid groups (broad SMARTS) is 1. The minimum atomic E-state index is -0.749. The molecule has 0 aliphatic rings. The van der Waals surface area contributed by atoms with E-state index >= 15 is 0 Å². The highest BCUT2D eigenvalue weighted by Gasteiger charge is 2.22. The summed E-state index contributed by atoms with van der Waals surface area (Å²) in [5, 5.41) is 8.61. The maximum absolute atomic E-state index is 10.5. The van der Waals surface area contributed by atoms with Crippen LogP contribution >= 0.6 is 31.9 Å². The van der Waals surface area contributed by atoms with Crippen molar-refractivity contribution in [3.63, 3.8) is 0 Å². The molecule has 0 saturated heterocycles. The van der Waals surface area contributed by atoms with E-state index in [-0.39, 0.29) is 9.65 Å². The fraction of sp³-hybridized carbons (Fsp3) is 0.833. The normalized spacial score (nSPS) is 13.6. The van der Waals surface area contributed by atoms with Crippen LogP contribution in [0.15, 0.2) is 0 Å². The zero-order chi connectivity index (χ0) is 8.15. The van der Waals surface area contributed by atoms with E-state index < -0.39 is 5.97 Å². The first kappa shape index (κ1) is 10.4. The fourth-order valence-corrected chi connectivity index (χ4v) is 1.65. The molecule has 0 aromatic carbocycles. The van der Waals surface area contributed by atoms with Gasteiger partial charge in [-0.25, -0.2) is 0 Å². The predicted molar refractivity (Wildman–Crippen MR) is 47.7 cm³/mol. The highest BCUT2D eigenvalue weighted by molar-refractivity contribution is 9.24. The van der Waals surface area contributed by atoms with Crippen molar-refractivity contribution in [2.45, 2.75) is 23.5 Å². The third-order valence-corrected chi connectivity index (χ3v) is 2.50. The predicted octanol–water partition coefficient (Wildman–Crippen LogP) is 2.60. The summed E-state index contributed by atoms with van der Waals surface area (Å²) in [7, 11) is 0. The minimum Gasteiger partial charge on any atom is -0.481 e. The number of aliphatic carboxylic acids is 1. The van der Waals surface area contributed by atoms with E-state index in [0.717, 1.165) is 6.42 Å². The lowest BCUT2D eigenvalue weighted by Crippen LogP contribution is -2.19. The summed E-state index contributed by atoms with van der Waals surface area (Å²) in [5.41, 5.74) is 0. The lowest BCUT2D eigenvalue weighted by atomic mass is 10.1. The Bertz CT molecular complexity index is 114. The van der Waals surface area contributed by atoms with Gasteiger partial charge in [-0.2, -0.15) is 0 Å². The van der Waals surface area contributed by atoms with Crippen LogP contribution in [0.4, 0.5) is 0 Å². The van der Waals surface area contributed by atoms with Gasteiger partial charge >= 0.3 is 5.97 Å². The van der Waals surface area contributed by atoms with Crippen LogP contribution in [0.5, 0.6) is 0 Å². The van der Waals surface area contributed by atoms with Gasteiger partial charge in [0.1, 0.15) is 0 Å². The number of rotatable bonds is 4. The van der Waals surface area contributed by atoms with Gasteiger partial charge in [0.05, 0.1) is 9.65 Å². The topological polar surface area (TPSA) is 37.3 Å².